The highest BCUT2D eigenvalue weighted by Gasteiger charge is 2.19. The van der Waals surface area contributed by atoms with E-state index >= 15 is 0 Å². The summed E-state index contributed by atoms with van der Waals surface area (Å²) >= 11 is 0. The van der Waals surface area contributed by atoms with E-state index in [2.05, 4.69) is 39.5 Å². The van der Waals surface area contributed by atoms with E-state index in [1.165, 1.54) is 11.1 Å². The zero-order valence-electron chi connectivity index (χ0n) is 9.56. The number of halogens is 2. The summed E-state index contributed by atoms with van der Waals surface area (Å²) in [7, 11) is 0. The molecule has 1 aromatic rings. The lowest BCUT2D eigenvalue weighted by molar-refractivity contribution is 0.324. The van der Waals surface area contributed by atoms with Gasteiger partial charge in [-0.15, -0.1) is 24.8 Å². The van der Waals surface area contributed by atoms with Crippen LogP contribution in [0.1, 0.15) is 11.1 Å². The van der Waals surface area contributed by atoms with Crippen LogP contribution in [0, 0.1) is 0 Å². The lowest BCUT2D eigenvalue weighted by Crippen LogP contribution is -2.31. The van der Waals surface area contributed by atoms with E-state index in [0.717, 1.165) is 38.6 Å². The molecule has 3 rings (SSSR count). The Kier molecular flexibility index (Phi) is 5.25. The Morgan fingerprint density at radius 3 is 2.29 bits per heavy atom. The van der Waals surface area contributed by atoms with Gasteiger partial charge in [-0.25, -0.2) is 0 Å². The maximum absolute atomic E-state index is 4.43. The first-order valence-electron chi connectivity index (χ1n) is 5.48. The van der Waals surface area contributed by atoms with Gasteiger partial charge in [-0.2, -0.15) is 0 Å². The van der Waals surface area contributed by atoms with Crippen molar-refractivity contribution in [3.63, 3.8) is 0 Å². The Balaban J connectivity index is 0.000000722. The molecule has 2 heterocycles. The number of hydrogen-bond acceptors (Lipinski definition) is 3. The molecular formula is C12H17Cl2N3. The summed E-state index contributed by atoms with van der Waals surface area (Å²) in [5.74, 6) is 1.16. The molecule has 17 heavy (non-hydrogen) atoms. The summed E-state index contributed by atoms with van der Waals surface area (Å²) in [6.45, 7) is 5.05. The molecule has 0 atom stereocenters. The van der Waals surface area contributed by atoms with Crippen LogP contribution in [-0.2, 0) is 13.1 Å². The molecule has 5 heteroatoms. The van der Waals surface area contributed by atoms with E-state index < -0.39 is 0 Å². The van der Waals surface area contributed by atoms with Gasteiger partial charge in [-0.3, -0.25) is 9.89 Å². The number of rotatable bonds is 2. The SMILES string of the molecule is Cl.Cl.c1ccc2c(c1)CN(CC1=NCCN1)C2. The highest BCUT2D eigenvalue weighted by molar-refractivity contribution is 5.86. The smallest absolute Gasteiger partial charge is 0.111 e. The monoisotopic (exact) mass is 273 g/mol. The molecule has 0 saturated carbocycles. The Labute approximate surface area is 114 Å². The van der Waals surface area contributed by atoms with Gasteiger partial charge in [0.05, 0.1) is 13.1 Å². The van der Waals surface area contributed by atoms with Crippen molar-refractivity contribution in [2.45, 2.75) is 13.1 Å². The van der Waals surface area contributed by atoms with E-state index in [9.17, 15) is 0 Å². The number of nitrogens with zero attached hydrogens (tertiary/aromatic N) is 2. The number of aliphatic imine (C=N–C) groups is 1. The van der Waals surface area contributed by atoms with Gasteiger partial charge in [-0.1, -0.05) is 24.3 Å². The third-order valence-electron chi connectivity index (χ3n) is 3.02. The zero-order valence-corrected chi connectivity index (χ0v) is 11.2. The molecule has 0 spiro atoms. The minimum atomic E-state index is 0. The highest BCUT2D eigenvalue weighted by Crippen LogP contribution is 2.21. The molecule has 0 amide bonds. The van der Waals surface area contributed by atoms with Crippen molar-refractivity contribution >= 4 is 30.6 Å². The molecular weight excluding hydrogens is 257 g/mol. The predicted octanol–water partition coefficient (Wildman–Crippen LogP) is 1.85. The van der Waals surface area contributed by atoms with Crippen LogP contribution in [0.4, 0.5) is 0 Å². The van der Waals surface area contributed by atoms with Crippen molar-refractivity contribution in [3.8, 4) is 0 Å². The van der Waals surface area contributed by atoms with Crippen LogP contribution in [-0.4, -0.2) is 30.4 Å². The molecule has 1 N–H and O–H groups in total. The number of fused-ring (bicyclic) bond motifs is 1. The first-order chi connectivity index (χ1) is 7.42. The molecule has 2 aliphatic rings. The first kappa shape index (κ1) is 14.3. The molecule has 0 radical (unpaired) electrons. The fraction of sp³-hybridized carbons (Fsp3) is 0.417. The van der Waals surface area contributed by atoms with E-state index in [1.807, 2.05) is 0 Å². The van der Waals surface area contributed by atoms with Crippen molar-refractivity contribution in [2.75, 3.05) is 19.6 Å². The summed E-state index contributed by atoms with van der Waals surface area (Å²) in [6.07, 6.45) is 0. The number of amidine groups is 1. The topological polar surface area (TPSA) is 27.6 Å². The van der Waals surface area contributed by atoms with Gasteiger partial charge in [-0.05, 0) is 11.1 Å². The van der Waals surface area contributed by atoms with E-state index in [4.69, 9.17) is 0 Å². The second-order valence-electron chi connectivity index (χ2n) is 4.17. The molecule has 0 fully saturated rings. The summed E-state index contributed by atoms with van der Waals surface area (Å²) in [5.41, 5.74) is 2.94. The molecule has 0 aromatic heterocycles. The van der Waals surface area contributed by atoms with Crippen LogP contribution in [0.25, 0.3) is 0 Å². The Hall–Kier alpha value is -0.770. The van der Waals surface area contributed by atoms with Gasteiger partial charge in [0.25, 0.3) is 0 Å². The average molecular weight is 274 g/mol. The first-order valence-corrected chi connectivity index (χ1v) is 5.48. The van der Waals surface area contributed by atoms with E-state index in [0.29, 0.717) is 0 Å². The summed E-state index contributed by atoms with van der Waals surface area (Å²) in [6, 6.07) is 8.68. The molecule has 1 aromatic carbocycles. The van der Waals surface area contributed by atoms with Gasteiger partial charge in [0.15, 0.2) is 0 Å². The summed E-state index contributed by atoms with van der Waals surface area (Å²) in [4.78, 5) is 6.86. The van der Waals surface area contributed by atoms with Crippen LogP contribution in [0.2, 0.25) is 0 Å². The van der Waals surface area contributed by atoms with Crippen LogP contribution in [0.5, 0.6) is 0 Å². The number of nitrogens with one attached hydrogen (secondary N) is 1. The van der Waals surface area contributed by atoms with Crippen molar-refractivity contribution in [2.24, 2.45) is 4.99 Å². The lowest BCUT2D eigenvalue weighted by atomic mass is 10.1. The van der Waals surface area contributed by atoms with E-state index in [1.54, 1.807) is 0 Å². The molecule has 0 bridgehead atoms. The maximum Gasteiger partial charge on any atom is 0.111 e. The predicted molar refractivity (Wildman–Crippen MR) is 75.4 cm³/mol. The Bertz CT molecular complexity index is 381. The van der Waals surface area contributed by atoms with Crippen LogP contribution >= 0.6 is 24.8 Å². The van der Waals surface area contributed by atoms with Crippen LogP contribution in [0.15, 0.2) is 29.3 Å². The van der Waals surface area contributed by atoms with Gasteiger partial charge < -0.3 is 5.32 Å². The zero-order chi connectivity index (χ0) is 10.1. The van der Waals surface area contributed by atoms with Gasteiger partial charge in [0.1, 0.15) is 5.84 Å². The van der Waals surface area contributed by atoms with E-state index in [-0.39, 0.29) is 24.8 Å². The van der Waals surface area contributed by atoms with Crippen LogP contribution < -0.4 is 5.32 Å². The number of benzene rings is 1. The third kappa shape index (κ3) is 3.12. The van der Waals surface area contributed by atoms with Crippen molar-refractivity contribution in [3.05, 3.63) is 35.4 Å². The minimum absolute atomic E-state index is 0. The normalized spacial score (nSPS) is 17.5. The second kappa shape index (κ2) is 6.24. The van der Waals surface area contributed by atoms with Crippen molar-refractivity contribution in [1.82, 2.24) is 10.2 Å². The van der Waals surface area contributed by atoms with Gasteiger partial charge >= 0.3 is 0 Å². The van der Waals surface area contributed by atoms with Gasteiger partial charge in [0.2, 0.25) is 0 Å². The van der Waals surface area contributed by atoms with Crippen LogP contribution in [0.3, 0.4) is 0 Å². The Morgan fingerprint density at radius 1 is 1.12 bits per heavy atom. The maximum atomic E-state index is 4.43. The van der Waals surface area contributed by atoms with Crippen molar-refractivity contribution in [1.29, 1.82) is 0 Å². The molecule has 94 valence electrons. The fourth-order valence-corrected chi connectivity index (χ4v) is 2.28. The third-order valence-corrected chi connectivity index (χ3v) is 3.02. The molecule has 3 nitrogen and oxygen atoms in total. The lowest BCUT2D eigenvalue weighted by Gasteiger charge is -2.14. The highest BCUT2D eigenvalue weighted by atomic mass is 35.5. The molecule has 2 aliphatic heterocycles. The fourth-order valence-electron chi connectivity index (χ4n) is 2.28. The average Bonchev–Trinajstić information content (AvgIpc) is 2.86. The largest absolute Gasteiger partial charge is 0.371 e. The van der Waals surface area contributed by atoms with Crippen molar-refractivity contribution < 1.29 is 0 Å². The Morgan fingerprint density at radius 2 is 1.76 bits per heavy atom. The number of hydrogen-bond donors (Lipinski definition) is 1. The molecule has 0 aliphatic carbocycles. The molecule has 0 unspecified atom stereocenters. The summed E-state index contributed by atoms with van der Waals surface area (Å²) < 4.78 is 0. The second-order valence-corrected chi connectivity index (χ2v) is 4.17. The standard InChI is InChI=1S/C12H15N3.2ClH/c1-2-4-11-8-15(7-10(11)3-1)9-12-13-5-6-14-12;;/h1-4H,5-9H2,(H,13,14);2*1H. The minimum Gasteiger partial charge on any atom is -0.371 e. The van der Waals surface area contributed by atoms with Gasteiger partial charge in [0, 0.05) is 19.6 Å². The quantitative estimate of drug-likeness (QED) is 0.891. The molecule has 0 saturated heterocycles. The summed E-state index contributed by atoms with van der Waals surface area (Å²) in [5, 5.41) is 3.32.